The molecule has 0 aliphatic rings. The Labute approximate surface area is 156 Å². The van der Waals surface area contributed by atoms with Crippen LogP contribution in [0.4, 0.5) is 0 Å². The number of methoxy groups -OCH3 is 1. The van der Waals surface area contributed by atoms with Gasteiger partial charge in [-0.25, -0.2) is 0 Å². The number of hydrogen-bond acceptors (Lipinski definition) is 4. The zero-order valence-electron chi connectivity index (χ0n) is 14.6. The Morgan fingerprint density at radius 3 is 2.73 bits per heavy atom. The molecule has 0 aliphatic heterocycles. The van der Waals surface area contributed by atoms with Crippen molar-refractivity contribution in [1.82, 2.24) is 10.5 Å². The van der Waals surface area contributed by atoms with E-state index in [0.29, 0.717) is 40.8 Å². The lowest BCUT2D eigenvalue weighted by Gasteiger charge is -2.08. The van der Waals surface area contributed by atoms with Crippen LogP contribution < -0.4 is 5.32 Å². The monoisotopic (exact) mass is 370 g/mol. The molecule has 0 saturated carbocycles. The lowest BCUT2D eigenvalue weighted by molar-refractivity contribution is 0.0950. The van der Waals surface area contributed by atoms with Gasteiger partial charge >= 0.3 is 0 Å². The van der Waals surface area contributed by atoms with Crippen molar-refractivity contribution in [3.05, 3.63) is 76.0 Å². The third-order valence-electron chi connectivity index (χ3n) is 3.97. The van der Waals surface area contributed by atoms with Gasteiger partial charge in [-0.2, -0.15) is 0 Å². The van der Waals surface area contributed by atoms with Crippen molar-refractivity contribution in [3.63, 3.8) is 0 Å². The van der Waals surface area contributed by atoms with E-state index in [9.17, 15) is 4.79 Å². The molecule has 0 spiro atoms. The van der Waals surface area contributed by atoms with Gasteiger partial charge < -0.3 is 14.6 Å². The number of amides is 1. The molecule has 0 saturated heterocycles. The molecule has 0 radical (unpaired) electrons. The van der Waals surface area contributed by atoms with Crippen molar-refractivity contribution in [1.29, 1.82) is 0 Å². The van der Waals surface area contributed by atoms with Gasteiger partial charge in [0.1, 0.15) is 17.0 Å². The molecule has 2 aromatic carbocycles. The van der Waals surface area contributed by atoms with Crippen LogP contribution in [0.25, 0.3) is 11.3 Å². The van der Waals surface area contributed by atoms with Crippen LogP contribution in [-0.2, 0) is 17.9 Å². The van der Waals surface area contributed by atoms with Crippen LogP contribution in [-0.4, -0.2) is 18.2 Å². The van der Waals surface area contributed by atoms with Gasteiger partial charge in [0.15, 0.2) is 0 Å². The minimum atomic E-state index is -0.254. The number of halogens is 1. The van der Waals surface area contributed by atoms with Crippen LogP contribution in [0, 0.1) is 6.92 Å². The summed E-state index contributed by atoms with van der Waals surface area (Å²) in [4.78, 5) is 12.7. The molecule has 134 valence electrons. The number of benzene rings is 2. The highest BCUT2D eigenvalue weighted by Gasteiger charge is 2.22. The molecule has 3 aromatic rings. The van der Waals surface area contributed by atoms with Gasteiger partial charge in [0.2, 0.25) is 0 Å². The second kappa shape index (κ2) is 8.17. The molecule has 0 bridgehead atoms. The zero-order valence-corrected chi connectivity index (χ0v) is 15.3. The molecule has 0 unspecified atom stereocenters. The van der Waals surface area contributed by atoms with Crippen LogP contribution in [0.5, 0.6) is 0 Å². The molecule has 6 heteroatoms. The molecular formula is C20H19ClN2O3. The van der Waals surface area contributed by atoms with Gasteiger partial charge in [-0.15, -0.1) is 0 Å². The van der Waals surface area contributed by atoms with E-state index in [4.69, 9.17) is 20.9 Å². The van der Waals surface area contributed by atoms with Crippen molar-refractivity contribution in [2.75, 3.05) is 7.11 Å². The molecule has 0 fully saturated rings. The summed E-state index contributed by atoms with van der Waals surface area (Å²) in [6.45, 7) is 2.63. The van der Waals surface area contributed by atoms with Crippen LogP contribution in [0.1, 0.15) is 27.2 Å². The van der Waals surface area contributed by atoms with Crippen molar-refractivity contribution in [2.24, 2.45) is 0 Å². The quantitative estimate of drug-likeness (QED) is 0.699. The first-order valence-electron chi connectivity index (χ1n) is 8.16. The summed E-state index contributed by atoms with van der Waals surface area (Å²) in [5, 5.41) is 7.46. The molecule has 1 amide bonds. The molecule has 5 nitrogen and oxygen atoms in total. The van der Waals surface area contributed by atoms with Crippen LogP contribution >= 0.6 is 11.6 Å². The first-order valence-corrected chi connectivity index (χ1v) is 8.54. The first kappa shape index (κ1) is 18.2. The molecule has 26 heavy (non-hydrogen) atoms. The number of carbonyl (C=O) groups excluding carboxylic acids is 1. The third kappa shape index (κ3) is 3.95. The Morgan fingerprint density at radius 1 is 1.19 bits per heavy atom. The Morgan fingerprint density at radius 2 is 1.96 bits per heavy atom. The van der Waals surface area contributed by atoms with E-state index >= 15 is 0 Å². The van der Waals surface area contributed by atoms with Gasteiger partial charge in [0, 0.05) is 19.2 Å². The Balaban J connectivity index is 1.80. The van der Waals surface area contributed by atoms with Crippen molar-refractivity contribution in [2.45, 2.75) is 20.1 Å². The van der Waals surface area contributed by atoms with Crippen molar-refractivity contribution < 1.29 is 14.1 Å². The highest BCUT2D eigenvalue weighted by atomic mass is 35.5. The maximum absolute atomic E-state index is 12.7. The average molecular weight is 371 g/mol. The summed E-state index contributed by atoms with van der Waals surface area (Å²) in [5.41, 5.74) is 3.54. The molecule has 3 rings (SSSR count). The molecule has 0 atom stereocenters. The second-order valence-corrected chi connectivity index (χ2v) is 6.29. The Hall–Kier alpha value is -2.63. The summed E-state index contributed by atoms with van der Waals surface area (Å²) in [6, 6.07) is 15.1. The lowest BCUT2D eigenvalue weighted by atomic mass is 10.1. The van der Waals surface area contributed by atoms with Crippen molar-refractivity contribution >= 4 is 17.5 Å². The van der Waals surface area contributed by atoms with Gasteiger partial charge in [-0.3, -0.25) is 4.79 Å². The third-order valence-corrected chi connectivity index (χ3v) is 4.30. The summed E-state index contributed by atoms with van der Waals surface area (Å²) in [6.07, 6.45) is 0. The first-order chi connectivity index (χ1) is 12.6. The zero-order chi connectivity index (χ0) is 18.5. The molecule has 1 aromatic heterocycles. The van der Waals surface area contributed by atoms with Crippen LogP contribution in [0.3, 0.4) is 0 Å². The predicted octanol–water partition coefficient (Wildman–Crippen LogP) is 4.38. The van der Waals surface area contributed by atoms with E-state index in [-0.39, 0.29) is 5.91 Å². The SMILES string of the molecule is COCc1cccc(CNC(=O)c2c(-c3ccccc3Cl)noc2C)c1. The average Bonchev–Trinajstić information content (AvgIpc) is 3.02. The molecule has 1 heterocycles. The van der Waals surface area contributed by atoms with E-state index in [1.807, 2.05) is 42.5 Å². The van der Waals surface area contributed by atoms with Crippen LogP contribution in [0.15, 0.2) is 53.1 Å². The van der Waals surface area contributed by atoms with Gasteiger partial charge in [0.05, 0.1) is 11.6 Å². The highest BCUT2D eigenvalue weighted by Crippen LogP contribution is 2.30. The smallest absolute Gasteiger partial charge is 0.257 e. The minimum Gasteiger partial charge on any atom is -0.380 e. The van der Waals surface area contributed by atoms with Crippen molar-refractivity contribution in [3.8, 4) is 11.3 Å². The van der Waals surface area contributed by atoms with E-state index < -0.39 is 0 Å². The maximum Gasteiger partial charge on any atom is 0.257 e. The fourth-order valence-electron chi connectivity index (χ4n) is 2.74. The predicted molar refractivity (Wildman–Crippen MR) is 100 cm³/mol. The molecule has 1 N–H and O–H groups in total. The number of nitrogens with one attached hydrogen (secondary N) is 1. The van der Waals surface area contributed by atoms with Gasteiger partial charge in [-0.1, -0.05) is 59.2 Å². The van der Waals surface area contributed by atoms with Gasteiger partial charge in [-0.05, 0) is 24.1 Å². The normalized spacial score (nSPS) is 10.7. The maximum atomic E-state index is 12.7. The van der Waals surface area contributed by atoms with Crippen LogP contribution in [0.2, 0.25) is 5.02 Å². The standard InChI is InChI=1S/C20H19ClN2O3/c1-13-18(19(23-26-13)16-8-3-4-9-17(16)21)20(24)22-11-14-6-5-7-15(10-14)12-25-2/h3-10H,11-12H2,1-2H3,(H,22,24). The van der Waals surface area contributed by atoms with E-state index in [2.05, 4.69) is 10.5 Å². The number of rotatable bonds is 6. The fourth-order valence-corrected chi connectivity index (χ4v) is 2.97. The van der Waals surface area contributed by atoms with E-state index in [1.54, 1.807) is 20.1 Å². The Kier molecular flexibility index (Phi) is 5.71. The van der Waals surface area contributed by atoms with Gasteiger partial charge in [0.25, 0.3) is 5.91 Å². The fraction of sp³-hybridized carbons (Fsp3) is 0.200. The summed E-state index contributed by atoms with van der Waals surface area (Å²) in [7, 11) is 1.65. The number of aromatic nitrogens is 1. The summed E-state index contributed by atoms with van der Waals surface area (Å²) < 4.78 is 10.4. The number of carbonyl (C=O) groups is 1. The van der Waals surface area contributed by atoms with E-state index in [0.717, 1.165) is 11.1 Å². The number of hydrogen-bond donors (Lipinski definition) is 1. The lowest BCUT2D eigenvalue weighted by Crippen LogP contribution is -2.23. The van der Waals surface area contributed by atoms with E-state index in [1.165, 1.54) is 0 Å². The molecular weight excluding hydrogens is 352 g/mol. The number of nitrogens with zero attached hydrogens (tertiary/aromatic N) is 1. The Bertz CT molecular complexity index is 921. The minimum absolute atomic E-state index is 0.254. The number of ether oxygens (including phenoxy) is 1. The summed E-state index contributed by atoms with van der Waals surface area (Å²) >= 11 is 6.24. The number of aryl methyl sites for hydroxylation is 1. The topological polar surface area (TPSA) is 64.4 Å². The highest BCUT2D eigenvalue weighted by molar-refractivity contribution is 6.33. The second-order valence-electron chi connectivity index (χ2n) is 5.88. The molecule has 0 aliphatic carbocycles. The largest absolute Gasteiger partial charge is 0.380 e. The summed E-state index contributed by atoms with van der Waals surface area (Å²) in [5.74, 6) is 0.196.